The highest BCUT2D eigenvalue weighted by atomic mass is 127. The van der Waals surface area contributed by atoms with Gasteiger partial charge in [-0.2, -0.15) is 0 Å². The maximum atomic E-state index is 12.8. The number of carbonyl (C=O) groups is 1. The van der Waals surface area contributed by atoms with Crippen LogP contribution in [0, 0.1) is 3.57 Å². The predicted molar refractivity (Wildman–Crippen MR) is 114 cm³/mol. The standard InChI is InChI=1S/C22H20INO2/c1-26-20-13-7-17(8-14-20)22(25)15-21(16-5-3-2-4-6-16)24-19-11-9-18(23)10-12-19/h2-14,21,24H,15H2,1H3. The summed E-state index contributed by atoms with van der Waals surface area (Å²) in [6.45, 7) is 0. The molecule has 0 saturated heterocycles. The number of ether oxygens (including phenoxy) is 1. The van der Waals surface area contributed by atoms with Crippen LogP contribution in [0.5, 0.6) is 5.75 Å². The Hall–Kier alpha value is -2.34. The third-order valence-electron chi connectivity index (χ3n) is 4.19. The lowest BCUT2D eigenvalue weighted by molar-refractivity contribution is 0.0976. The number of anilines is 1. The maximum Gasteiger partial charge on any atom is 0.165 e. The summed E-state index contributed by atoms with van der Waals surface area (Å²) in [7, 11) is 1.62. The number of benzene rings is 3. The van der Waals surface area contributed by atoms with E-state index in [0.29, 0.717) is 12.0 Å². The molecule has 0 aliphatic heterocycles. The van der Waals surface area contributed by atoms with Crippen molar-refractivity contribution >= 4 is 34.1 Å². The molecule has 1 N–H and O–H groups in total. The Labute approximate surface area is 167 Å². The molecule has 0 radical (unpaired) electrons. The van der Waals surface area contributed by atoms with Crippen molar-refractivity contribution in [2.24, 2.45) is 0 Å². The molecule has 3 rings (SSSR count). The van der Waals surface area contributed by atoms with Gasteiger partial charge < -0.3 is 10.1 Å². The van der Waals surface area contributed by atoms with Crippen LogP contribution in [-0.4, -0.2) is 12.9 Å². The Kier molecular flexibility index (Phi) is 6.28. The lowest BCUT2D eigenvalue weighted by atomic mass is 9.97. The van der Waals surface area contributed by atoms with E-state index < -0.39 is 0 Å². The fraction of sp³-hybridized carbons (Fsp3) is 0.136. The zero-order valence-electron chi connectivity index (χ0n) is 14.5. The molecule has 0 heterocycles. The molecule has 3 aromatic rings. The van der Waals surface area contributed by atoms with Gasteiger partial charge in [0.05, 0.1) is 13.2 Å². The molecule has 3 nitrogen and oxygen atoms in total. The second-order valence-electron chi connectivity index (χ2n) is 5.97. The summed E-state index contributed by atoms with van der Waals surface area (Å²) in [5, 5.41) is 3.50. The van der Waals surface area contributed by atoms with Crippen molar-refractivity contribution in [2.75, 3.05) is 12.4 Å². The molecule has 4 heteroatoms. The summed E-state index contributed by atoms with van der Waals surface area (Å²) in [6.07, 6.45) is 0.377. The average Bonchev–Trinajstić information content (AvgIpc) is 2.70. The number of rotatable bonds is 7. The van der Waals surface area contributed by atoms with Gasteiger partial charge in [-0.15, -0.1) is 0 Å². The molecular weight excluding hydrogens is 437 g/mol. The van der Waals surface area contributed by atoms with Gasteiger partial charge in [0, 0.05) is 21.2 Å². The molecule has 0 aromatic heterocycles. The largest absolute Gasteiger partial charge is 0.497 e. The van der Waals surface area contributed by atoms with E-state index in [2.05, 4.69) is 40.0 Å². The molecular formula is C22H20INO2. The third kappa shape index (κ3) is 4.85. The van der Waals surface area contributed by atoms with Gasteiger partial charge in [-0.3, -0.25) is 4.79 Å². The fourth-order valence-corrected chi connectivity index (χ4v) is 3.12. The van der Waals surface area contributed by atoms with Crippen LogP contribution in [0.3, 0.4) is 0 Å². The summed E-state index contributed by atoms with van der Waals surface area (Å²) in [5.41, 5.74) is 2.78. The zero-order valence-corrected chi connectivity index (χ0v) is 16.6. The quantitative estimate of drug-likeness (QED) is 0.364. The van der Waals surface area contributed by atoms with Crippen LogP contribution in [-0.2, 0) is 0 Å². The molecule has 0 aliphatic rings. The lowest BCUT2D eigenvalue weighted by Gasteiger charge is -2.20. The van der Waals surface area contributed by atoms with Crippen LogP contribution >= 0.6 is 22.6 Å². The Balaban J connectivity index is 1.80. The monoisotopic (exact) mass is 457 g/mol. The van der Waals surface area contributed by atoms with Gasteiger partial charge in [0.25, 0.3) is 0 Å². The minimum atomic E-state index is -0.0918. The number of methoxy groups -OCH3 is 1. The molecule has 0 bridgehead atoms. The van der Waals surface area contributed by atoms with E-state index in [0.717, 1.165) is 17.0 Å². The Morgan fingerprint density at radius 2 is 1.62 bits per heavy atom. The summed E-state index contributed by atoms with van der Waals surface area (Å²) in [4.78, 5) is 12.8. The zero-order chi connectivity index (χ0) is 18.4. The highest BCUT2D eigenvalue weighted by molar-refractivity contribution is 14.1. The lowest BCUT2D eigenvalue weighted by Crippen LogP contribution is -2.15. The van der Waals surface area contributed by atoms with E-state index >= 15 is 0 Å². The highest BCUT2D eigenvalue weighted by Gasteiger charge is 2.17. The Bertz CT molecular complexity index is 846. The molecule has 3 aromatic carbocycles. The van der Waals surface area contributed by atoms with Crippen LogP contribution in [0.25, 0.3) is 0 Å². The summed E-state index contributed by atoms with van der Waals surface area (Å²) in [6, 6.07) is 25.4. The van der Waals surface area contributed by atoms with Crippen molar-refractivity contribution in [3.8, 4) is 5.75 Å². The van der Waals surface area contributed by atoms with Gasteiger partial charge in [0.2, 0.25) is 0 Å². The summed E-state index contributed by atoms with van der Waals surface area (Å²) < 4.78 is 6.34. The van der Waals surface area contributed by atoms with Crippen molar-refractivity contribution in [3.63, 3.8) is 0 Å². The van der Waals surface area contributed by atoms with Crippen LogP contribution in [0.4, 0.5) is 5.69 Å². The first-order valence-electron chi connectivity index (χ1n) is 8.40. The first-order chi connectivity index (χ1) is 12.7. The number of carbonyl (C=O) groups excluding carboxylic acids is 1. The molecule has 26 heavy (non-hydrogen) atoms. The molecule has 0 aliphatic carbocycles. The predicted octanol–water partition coefficient (Wildman–Crippen LogP) is 5.73. The number of hydrogen-bond acceptors (Lipinski definition) is 3. The molecule has 0 amide bonds. The van der Waals surface area contributed by atoms with Gasteiger partial charge in [-0.25, -0.2) is 0 Å². The molecule has 132 valence electrons. The number of ketones is 1. The van der Waals surface area contributed by atoms with Crippen LogP contribution in [0.2, 0.25) is 0 Å². The van der Waals surface area contributed by atoms with Crippen molar-refractivity contribution in [2.45, 2.75) is 12.5 Å². The SMILES string of the molecule is COc1ccc(C(=O)CC(Nc2ccc(I)cc2)c2ccccc2)cc1. The maximum absolute atomic E-state index is 12.8. The van der Waals surface area contributed by atoms with E-state index in [1.54, 1.807) is 7.11 Å². The van der Waals surface area contributed by atoms with Gasteiger partial charge in [0.1, 0.15) is 5.75 Å². The molecule has 0 fully saturated rings. The van der Waals surface area contributed by atoms with Gasteiger partial charge in [0.15, 0.2) is 5.78 Å². The van der Waals surface area contributed by atoms with Crippen molar-refractivity contribution in [1.29, 1.82) is 0 Å². The average molecular weight is 457 g/mol. The van der Waals surface area contributed by atoms with Crippen LogP contribution in [0.1, 0.15) is 28.4 Å². The van der Waals surface area contributed by atoms with Crippen molar-refractivity contribution in [1.82, 2.24) is 0 Å². The van der Waals surface area contributed by atoms with Crippen molar-refractivity contribution < 1.29 is 9.53 Å². The van der Waals surface area contributed by atoms with E-state index in [-0.39, 0.29) is 11.8 Å². The molecule has 1 unspecified atom stereocenters. The van der Waals surface area contributed by atoms with Crippen LogP contribution in [0.15, 0.2) is 78.9 Å². The molecule has 0 spiro atoms. The van der Waals surface area contributed by atoms with E-state index in [1.807, 2.05) is 66.7 Å². The van der Waals surface area contributed by atoms with E-state index in [4.69, 9.17) is 4.74 Å². The second kappa shape index (κ2) is 8.85. The normalized spacial score (nSPS) is 11.6. The van der Waals surface area contributed by atoms with E-state index in [1.165, 1.54) is 3.57 Å². The minimum Gasteiger partial charge on any atom is -0.497 e. The van der Waals surface area contributed by atoms with Gasteiger partial charge in [-0.05, 0) is 76.7 Å². The first kappa shape index (κ1) is 18.5. The fourth-order valence-electron chi connectivity index (χ4n) is 2.77. The van der Waals surface area contributed by atoms with Crippen LogP contribution < -0.4 is 10.1 Å². The van der Waals surface area contributed by atoms with Gasteiger partial charge in [-0.1, -0.05) is 30.3 Å². The Morgan fingerprint density at radius 1 is 0.962 bits per heavy atom. The molecule has 0 saturated carbocycles. The minimum absolute atomic E-state index is 0.0918. The number of Topliss-reactive ketones (excluding diaryl/α,β-unsaturated/α-hetero) is 1. The Morgan fingerprint density at radius 3 is 2.23 bits per heavy atom. The second-order valence-corrected chi connectivity index (χ2v) is 7.22. The summed E-state index contributed by atoms with van der Waals surface area (Å²) >= 11 is 2.28. The topological polar surface area (TPSA) is 38.3 Å². The number of hydrogen-bond donors (Lipinski definition) is 1. The first-order valence-corrected chi connectivity index (χ1v) is 9.48. The number of halogens is 1. The van der Waals surface area contributed by atoms with Crippen molar-refractivity contribution in [3.05, 3.63) is 93.6 Å². The van der Waals surface area contributed by atoms with E-state index in [9.17, 15) is 4.79 Å². The summed E-state index contributed by atoms with van der Waals surface area (Å²) in [5.74, 6) is 0.845. The third-order valence-corrected chi connectivity index (χ3v) is 4.91. The number of nitrogens with one attached hydrogen (secondary N) is 1. The van der Waals surface area contributed by atoms with Gasteiger partial charge >= 0.3 is 0 Å². The molecule has 1 atom stereocenters. The smallest absolute Gasteiger partial charge is 0.165 e. The highest BCUT2D eigenvalue weighted by Crippen LogP contribution is 2.25.